The van der Waals surface area contributed by atoms with Gasteiger partial charge in [0.25, 0.3) is 0 Å². The van der Waals surface area contributed by atoms with Gasteiger partial charge in [-0.3, -0.25) is 4.98 Å². The van der Waals surface area contributed by atoms with E-state index in [1.165, 1.54) is 0 Å². The molecule has 0 spiro atoms. The van der Waals surface area contributed by atoms with Gasteiger partial charge in [-0.1, -0.05) is 24.3 Å². The second-order valence-electron chi connectivity index (χ2n) is 6.43. The number of rotatable bonds is 1. The van der Waals surface area contributed by atoms with Crippen LogP contribution >= 0.6 is 0 Å². The van der Waals surface area contributed by atoms with Crippen molar-refractivity contribution in [3.05, 3.63) is 36.2 Å². The highest BCUT2D eigenvalue weighted by molar-refractivity contribution is 6.65. The van der Waals surface area contributed by atoms with E-state index in [2.05, 4.69) is 44.8 Å². The van der Waals surface area contributed by atoms with Crippen LogP contribution in [0.15, 0.2) is 30.5 Å². The molecular formula is C16H20BNO2. The van der Waals surface area contributed by atoms with E-state index >= 15 is 0 Å². The number of fused-ring (bicyclic) bond motifs is 1. The smallest absolute Gasteiger partial charge is 0.399 e. The largest absolute Gasteiger partial charge is 0.497 e. The monoisotopic (exact) mass is 269 g/mol. The molecule has 0 aliphatic carbocycles. The maximum atomic E-state index is 6.18. The molecular weight excluding hydrogens is 249 g/mol. The van der Waals surface area contributed by atoms with Crippen LogP contribution in [0, 0.1) is 6.92 Å². The number of pyridine rings is 1. The Balaban J connectivity index is 2.14. The summed E-state index contributed by atoms with van der Waals surface area (Å²) in [6.45, 7) is 10.3. The molecule has 1 aliphatic heterocycles. The Morgan fingerprint density at radius 2 is 1.60 bits per heavy atom. The van der Waals surface area contributed by atoms with Crippen LogP contribution in [0.2, 0.25) is 0 Å². The molecule has 1 aromatic carbocycles. The third kappa shape index (κ3) is 1.95. The molecule has 1 aliphatic rings. The van der Waals surface area contributed by atoms with Crippen LogP contribution < -0.4 is 5.46 Å². The van der Waals surface area contributed by atoms with Crippen LogP contribution in [0.1, 0.15) is 33.4 Å². The molecule has 2 heterocycles. The minimum Gasteiger partial charge on any atom is -0.399 e. The van der Waals surface area contributed by atoms with Crippen molar-refractivity contribution < 1.29 is 9.31 Å². The molecule has 2 aromatic rings. The minimum absolute atomic E-state index is 0.332. The van der Waals surface area contributed by atoms with Crippen molar-refractivity contribution in [1.29, 1.82) is 0 Å². The third-order valence-electron chi connectivity index (χ3n) is 4.53. The maximum absolute atomic E-state index is 6.18. The van der Waals surface area contributed by atoms with Gasteiger partial charge in [0.15, 0.2) is 0 Å². The van der Waals surface area contributed by atoms with E-state index in [4.69, 9.17) is 9.31 Å². The van der Waals surface area contributed by atoms with E-state index in [-0.39, 0.29) is 18.3 Å². The maximum Gasteiger partial charge on any atom is 0.497 e. The summed E-state index contributed by atoms with van der Waals surface area (Å²) in [4.78, 5) is 4.49. The van der Waals surface area contributed by atoms with E-state index in [0.29, 0.717) is 0 Å². The van der Waals surface area contributed by atoms with Crippen molar-refractivity contribution in [3.63, 3.8) is 0 Å². The van der Waals surface area contributed by atoms with Crippen LogP contribution in [0.3, 0.4) is 0 Å². The molecule has 3 nitrogen and oxygen atoms in total. The zero-order valence-corrected chi connectivity index (χ0v) is 12.7. The number of hydrogen-bond donors (Lipinski definition) is 0. The standard InChI is InChI=1S/C16H20BNO2/c1-11-14(13-9-7-6-8-12(13)10-18-11)17-19-15(2,3)16(4,5)20-17/h6-10H,1-5H3. The van der Waals surface area contributed by atoms with Crippen LogP contribution in [0.5, 0.6) is 0 Å². The van der Waals surface area contributed by atoms with Gasteiger partial charge in [0, 0.05) is 17.4 Å². The summed E-state index contributed by atoms with van der Waals surface area (Å²) in [5.74, 6) is 0. The average Bonchev–Trinajstić information content (AvgIpc) is 2.57. The number of aromatic nitrogens is 1. The second-order valence-corrected chi connectivity index (χ2v) is 6.43. The number of benzene rings is 1. The van der Waals surface area contributed by atoms with Crippen molar-refractivity contribution in [2.45, 2.75) is 45.8 Å². The molecule has 0 amide bonds. The van der Waals surface area contributed by atoms with Crippen molar-refractivity contribution in [1.82, 2.24) is 4.98 Å². The number of nitrogens with zero attached hydrogens (tertiary/aromatic N) is 1. The first-order valence-corrected chi connectivity index (χ1v) is 7.02. The topological polar surface area (TPSA) is 31.4 Å². The molecule has 0 radical (unpaired) electrons. The molecule has 0 atom stereocenters. The lowest BCUT2D eigenvalue weighted by Crippen LogP contribution is -2.41. The van der Waals surface area contributed by atoms with Gasteiger partial charge in [0.05, 0.1) is 11.2 Å². The van der Waals surface area contributed by atoms with Crippen LogP contribution in [0.4, 0.5) is 0 Å². The highest BCUT2D eigenvalue weighted by Gasteiger charge is 2.52. The van der Waals surface area contributed by atoms with Gasteiger partial charge in [-0.15, -0.1) is 0 Å². The predicted octanol–water partition coefficient (Wildman–Crippen LogP) is 2.84. The SMILES string of the molecule is Cc1ncc2ccccc2c1B1OC(C)(C)C(C)(C)O1. The van der Waals surface area contributed by atoms with Crippen LogP contribution in [-0.4, -0.2) is 23.3 Å². The molecule has 1 saturated heterocycles. The van der Waals surface area contributed by atoms with E-state index in [9.17, 15) is 0 Å². The Morgan fingerprint density at radius 1 is 1.00 bits per heavy atom. The quantitative estimate of drug-likeness (QED) is 0.746. The first-order valence-electron chi connectivity index (χ1n) is 7.02. The summed E-state index contributed by atoms with van der Waals surface area (Å²) in [6.07, 6.45) is 1.90. The first kappa shape index (κ1) is 13.6. The minimum atomic E-state index is -0.362. The fraction of sp³-hybridized carbons (Fsp3) is 0.438. The lowest BCUT2D eigenvalue weighted by atomic mass is 9.75. The summed E-state index contributed by atoms with van der Waals surface area (Å²) in [6, 6.07) is 8.23. The molecule has 3 rings (SSSR count). The molecule has 0 N–H and O–H groups in total. The Kier molecular flexibility index (Phi) is 2.92. The zero-order valence-electron chi connectivity index (χ0n) is 12.7. The normalized spacial score (nSPS) is 20.6. The Bertz CT molecular complexity index is 651. The predicted molar refractivity (Wildman–Crippen MR) is 82.2 cm³/mol. The van der Waals surface area contributed by atoms with Crippen molar-refractivity contribution in [2.75, 3.05) is 0 Å². The number of aryl methyl sites for hydroxylation is 1. The molecule has 104 valence electrons. The van der Waals surface area contributed by atoms with Crippen molar-refractivity contribution in [2.24, 2.45) is 0 Å². The highest BCUT2D eigenvalue weighted by atomic mass is 16.7. The Labute approximate surface area is 120 Å². The van der Waals surface area contributed by atoms with E-state index in [1.54, 1.807) is 0 Å². The summed E-state index contributed by atoms with van der Waals surface area (Å²) in [5.41, 5.74) is 1.34. The average molecular weight is 269 g/mol. The van der Waals surface area contributed by atoms with E-state index < -0.39 is 0 Å². The molecule has 4 heteroatoms. The molecule has 0 unspecified atom stereocenters. The van der Waals surface area contributed by atoms with Gasteiger partial charge in [0.2, 0.25) is 0 Å². The van der Waals surface area contributed by atoms with Crippen molar-refractivity contribution in [3.8, 4) is 0 Å². The van der Waals surface area contributed by atoms with Gasteiger partial charge in [-0.05, 0) is 45.4 Å². The second kappa shape index (κ2) is 4.30. The number of hydrogen-bond acceptors (Lipinski definition) is 3. The lowest BCUT2D eigenvalue weighted by Gasteiger charge is -2.32. The summed E-state index contributed by atoms with van der Waals surface area (Å²) in [7, 11) is -0.362. The van der Waals surface area contributed by atoms with Gasteiger partial charge in [0.1, 0.15) is 0 Å². The van der Waals surface area contributed by atoms with E-state index in [0.717, 1.165) is 21.9 Å². The van der Waals surface area contributed by atoms with Crippen LogP contribution in [0.25, 0.3) is 10.8 Å². The molecule has 1 fully saturated rings. The zero-order chi connectivity index (χ0) is 14.5. The van der Waals surface area contributed by atoms with Gasteiger partial charge in [-0.2, -0.15) is 0 Å². The molecule has 0 saturated carbocycles. The Hall–Kier alpha value is -1.39. The third-order valence-corrected chi connectivity index (χ3v) is 4.53. The van der Waals surface area contributed by atoms with Crippen molar-refractivity contribution >= 4 is 23.4 Å². The fourth-order valence-electron chi connectivity index (χ4n) is 2.54. The van der Waals surface area contributed by atoms with Gasteiger partial charge in [-0.25, -0.2) is 0 Å². The van der Waals surface area contributed by atoms with Gasteiger partial charge >= 0.3 is 7.12 Å². The summed E-state index contributed by atoms with van der Waals surface area (Å²) >= 11 is 0. The van der Waals surface area contributed by atoms with Gasteiger partial charge < -0.3 is 9.31 Å². The van der Waals surface area contributed by atoms with Crippen LogP contribution in [-0.2, 0) is 9.31 Å². The lowest BCUT2D eigenvalue weighted by molar-refractivity contribution is 0.00578. The molecule has 1 aromatic heterocycles. The van der Waals surface area contributed by atoms with E-state index in [1.807, 2.05) is 25.3 Å². The first-order chi connectivity index (χ1) is 9.32. The highest BCUT2D eigenvalue weighted by Crippen LogP contribution is 2.37. The molecule has 0 bridgehead atoms. The summed E-state index contributed by atoms with van der Waals surface area (Å²) < 4.78 is 12.4. The Morgan fingerprint density at radius 3 is 2.25 bits per heavy atom. The summed E-state index contributed by atoms with van der Waals surface area (Å²) in [5, 5.41) is 2.27. The molecule has 20 heavy (non-hydrogen) atoms. The fourth-order valence-corrected chi connectivity index (χ4v) is 2.54.